The highest BCUT2D eigenvalue weighted by Crippen LogP contribution is 2.79. The molecule has 4 aliphatic carbocycles. The van der Waals surface area contributed by atoms with Crippen molar-refractivity contribution in [1.29, 1.82) is 0 Å². The lowest BCUT2D eigenvalue weighted by Crippen LogP contribution is -2.57. The molecule has 0 spiro atoms. The Hall–Kier alpha value is -1.07. The van der Waals surface area contributed by atoms with Crippen LogP contribution >= 0.6 is 12.2 Å². The van der Waals surface area contributed by atoms with Crippen molar-refractivity contribution in [3.8, 4) is 0 Å². The molecule has 0 aromatic heterocycles. The molecule has 32 heavy (non-hydrogen) atoms. The molecule has 5 aliphatic rings. The molecule has 1 aromatic carbocycles. The second-order valence-corrected chi connectivity index (χ2v) is 12.5. The topological polar surface area (TPSA) is 29.3 Å². The van der Waals surface area contributed by atoms with Gasteiger partial charge < -0.3 is 10.6 Å². The fraction of sp³-hybridized carbons (Fsp3) is 0.741. The molecule has 0 amide bonds. The third kappa shape index (κ3) is 3.06. The number of nitrogens with two attached hydrogens (primary N) is 1. The standard InChI is InChI=1S/C27H38F2N2S/c1-4-26(15-22(28)29)19-12-25(18-8-6-5-7-9-18)14-20(26)27(13-19,16-25)23(32)31-11-10-21(30)24(2,3)17-31/h5-9,19-22H,4,10-17,30H2,1-3H3/t19?,20?,21-,25?,26?,27?/m0/s1. The quantitative estimate of drug-likeness (QED) is 0.532. The first-order valence-corrected chi connectivity index (χ1v) is 12.9. The van der Waals surface area contributed by atoms with Gasteiger partial charge in [-0.1, -0.05) is 63.3 Å². The third-order valence-corrected chi connectivity index (χ3v) is 10.9. The number of nitrogens with zero attached hydrogens (tertiary/aromatic N) is 1. The van der Waals surface area contributed by atoms with Gasteiger partial charge >= 0.3 is 0 Å². The minimum Gasteiger partial charge on any atom is -0.365 e. The molecule has 5 heteroatoms. The van der Waals surface area contributed by atoms with Gasteiger partial charge in [0.05, 0.1) is 4.99 Å². The van der Waals surface area contributed by atoms with Crippen molar-refractivity contribution in [2.75, 3.05) is 13.1 Å². The van der Waals surface area contributed by atoms with Crippen LogP contribution in [0.15, 0.2) is 30.3 Å². The third-order valence-electron chi connectivity index (χ3n) is 10.3. The molecule has 6 rings (SSSR count). The molecule has 4 saturated carbocycles. The van der Waals surface area contributed by atoms with E-state index in [4.69, 9.17) is 18.0 Å². The molecule has 1 saturated heterocycles. The van der Waals surface area contributed by atoms with Crippen molar-refractivity contribution >= 4 is 17.2 Å². The van der Waals surface area contributed by atoms with Crippen molar-refractivity contribution in [1.82, 2.24) is 4.90 Å². The van der Waals surface area contributed by atoms with Crippen LogP contribution in [0.25, 0.3) is 0 Å². The van der Waals surface area contributed by atoms with Gasteiger partial charge in [-0.05, 0) is 72.2 Å². The van der Waals surface area contributed by atoms with Crippen molar-refractivity contribution in [2.24, 2.45) is 33.8 Å². The monoisotopic (exact) mass is 460 g/mol. The van der Waals surface area contributed by atoms with Crippen molar-refractivity contribution in [3.05, 3.63) is 35.9 Å². The lowest BCUT2D eigenvalue weighted by molar-refractivity contribution is -0.0167. The summed E-state index contributed by atoms with van der Waals surface area (Å²) in [6, 6.07) is 11.0. The molecule has 0 radical (unpaired) electrons. The van der Waals surface area contributed by atoms with Crippen LogP contribution in [0.2, 0.25) is 0 Å². The predicted molar refractivity (Wildman–Crippen MR) is 130 cm³/mol. The number of halogens is 2. The summed E-state index contributed by atoms with van der Waals surface area (Å²) in [5.41, 5.74) is 7.50. The number of thiocarbonyl (C=S) groups is 1. The number of piperidine rings is 1. The summed E-state index contributed by atoms with van der Waals surface area (Å²) in [6.45, 7) is 8.39. The maximum absolute atomic E-state index is 14.0. The molecule has 5 unspecified atom stereocenters. The summed E-state index contributed by atoms with van der Waals surface area (Å²) in [7, 11) is 0. The summed E-state index contributed by atoms with van der Waals surface area (Å²) in [5, 5.41) is 0. The molecular formula is C27H38F2N2S. The Morgan fingerprint density at radius 2 is 1.91 bits per heavy atom. The first kappa shape index (κ1) is 22.7. The van der Waals surface area contributed by atoms with Crippen LogP contribution in [-0.4, -0.2) is 35.4 Å². The van der Waals surface area contributed by atoms with E-state index >= 15 is 0 Å². The Balaban J connectivity index is 1.56. The van der Waals surface area contributed by atoms with E-state index in [1.165, 1.54) is 5.56 Å². The van der Waals surface area contributed by atoms with Gasteiger partial charge in [0.15, 0.2) is 0 Å². The second kappa shape index (κ2) is 7.46. The molecule has 6 atom stereocenters. The van der Waals surface area contributed by atoms with Gasteiger partial charge in [0.25, 0.3) is 0 Å². The van der Waals surface area contributed by atoms with Gasteiger partial charge in [0, 0.05) is 31.0 Å². The largest absolute Gasteiger partial charge is 0.365 e. The van der Waals surface area contributed by atoms with E-state index < -0.39 is 6.43 Å². The number of benzene rings is 1. The Labute approximate surface area is 197 Å². The maximum Gasteiger partial charge on any atom is 0.239 e. The Bertz CT molecular complexity index is 889. The van der Waals surface area contributed by atoms with E-state index in [0.717, 1.165) is 56.6 Å². The molecular weight excluding hydrogens is 422 g/mol. The molecule has 176 valence electrons. The maximum atomic E-state index is 14.0. The summed E-state index contributed by atoms with van der Waals surface area (Å²) in [6.07, 6.45) is 3.62. The van der Waals surface area contributed by atoms with Crippen LogP contribution in [0, 0.1) is 28.1 Å². The van der Waals surface area contributed by atoms with Gasteiger partial charge in [-0.25, -0.2) is 8.78 Å². The summed E-state index contributed by atoms with van der Waals surface area (Å²) in [4.78, 5) is 3.48. The normalized spacial score (nSPS) is 42.1. The predicted octanol–water partition coefficient (Wildman–Crippen LogP) is 6.18. The summed E-state index contributed by atoms with van der Waals surface area (Å²) >= 11 is 6.34. The average molecular weight is 461 g/mol. The molecule has 1 heterocycles. The van der Waals surface area contributed by atoms with Crippen LogP contribution in [0.5, 0.6) is 0 Å². The second-order valence-electron chi connectivity index (χ2n) is 12.1. The minimum atomic E-state index is -2.25. The van der Waals surface area contributed by atoms with Crippen LogP contribution in [0.4, 0.5) is 8.78 Å². The zero-order valence-electron chi connectivity index (χ0n) is 19.7. The minimum absolute atomic E-state index is 0.0104. The lowest BCUT2D eigenvalue weighted by atomic mass is 9.55. The lowest BCUT2D eigenvalue weighted by Gasteiger charge is -2.49. The van der Waals surface area contributed by atoms with E-state index in [1.54, 1.807) is 0 Å². The zero-order chi connectivity index (χ0) is 22.9. The van der Waals surface area contributed by atoms with E-state index in [2.05, 4.69) is 56.0 Å². The number of rotatable bonds is 5. The highest BCUT2D eigenvalue weighted by Gasteiger charge is 2.74. The Kier molecular flexibility index (Phi) is 5.30. The molecule has 4 bridgehead atoms. The molecule has 1 aromatic rings. The zero-order valence-corrected chi connectivity index (χ0v) is 20.6. The van der Waals surface area contributed by atoms with Gasteiger partial charge in [-0.3, -0.25) is 0 Å². The molecule has 2 nitrogen and oxygen atoms in total. The van der Waals surface area contributed by atoms with E-state index in [0.29, 0.717) is 5.92 Å². The van der Waals surface area contributed by atoms with Crippen LogP contribution < -0.4 is 5.73 Å². The molecule has 1 aliphatic heterocycles. The summed E-state index contributed by atoms with van der Waals surface area (Å²) < 4.78 is 27.9. The fourth-order valence-electron chi connectivity index (χ4n) is 8.76. The Morgan fingerprint density at radius 1 is 1.19 bits per heavy atom. The number of hydrogen-bond donors (Lipinski definition) is 1. The first-order valence-electron chi connectivity index (χ1n) is 12.5. The highest BCUT2D eigenvalue weighted by atomic mass is 32.1. The van der Waals surface area contributed by atoms with Crippen molar-refractivity contribution in [2.45, 2.75) is 83.6 Å². The van der Waals surface area contributed by atoms with Crippen LogP contribution in [0.1, 0.15) is 71.3 Å². The van der Waals surface area contributed by atoms with Gasteiger partial charge in [0.2, 0.25) is 6.43 Å². The van der Waals surface area contributed by atoms with Crippen molar-refractivity contribution in [3.63, 3.8) is 0 Å². The number of likely N-dealkylation sites (tertiary alicyclic amines) is 1. The van der Waals surface area contributed by atoms with Crippen LogP contribution in [-0.2, 0) is 5.41 Å². The Morgan fingerprint density at radius 3 is 2.53 bits per heavy atom. The van der Waals surface area contributed by atoms with Gasteiger partial charge in [-0.15, -0.1) is 0 Å². The average Bonchev–Trinajstić information content (AvgIpc) is 3.11. The van der Waals surface area contributed by atoms with Crippen molar-refractivity contribution < 1.29 is 8.78 Å². The van der Waals surface area contributed by atoms with E-state index in [1.807, 2.05) is 0 Å². The first-order chi connectivity index (χ1) is 15.1. The van der Waals surface area contributed by atoms with Gasteiger partial charge in [0.1, 0.15) is 0 Å². The molecule has 2 N–H and O–H groups in total. The molecule has 5 fully saturated rings. The van der Waals surface area contributed by atoms with E-state index in [-0.39, 0.29) is 40.0 Å². The number of hydrogen-bond acceptors (Lipinski definition) is 2. The summed E-state index contributed by atoms with van der Waals surface area (Å²) in [5.74, 6) is 0.575. The number of alkyl halides is 2. The fourth-order valence-corrected chi connectivity index (χ4v) is 9.22. The SMILES string of the molecule is CCC1(CC(F)F)C2CC3(c4ccccc4)CC1C(C(=S)N1CC[C@H](N)C(C)(C)C1)(C2)C3. The van der Waals surface area contributed by atoms with Crippen LogP contribution in [0.3, 0.4) is 0 Å². The van der Waals surface area contributed by atoms with Gasteiger partial charge in [-0.2, -0.15) is 0 Å². The highest BCUT2D eigenvalue weighted by molar-refractivity contribution is 7.80. The van der Waals surface area contributed by atoms with E-state index in [9.17, 15) is 8.78 Å². The smallest absolute Gasteiger partial charge is 0.239 e.